The van der Waals surface area contributed by atoms with Crippen LogP contribution in [0.3, 0.4) is 0 Å². The van der Waals surface area contributed by atoms with Crippen molar-refractivity contribution in [3.8, 4) is 0 Å². The minimum absolute atomic E-state index is 0.221. The Labute approximate surface area is 124 Å². The minimum atomic E-state index is 0.221. The van der Waals surface area contributed by atoms with Gasteiger partial charge in [-0.05, 0) is 41.9 Å². The lowest BCUT2D eigenvalue weighted by atomic mass is 9.76. The van der Waals surface area contributed by atoms with Gasteiger partial charge in [0.25, 0.3) is 0 Å². The molecular weight excluding hydrogens is 272 g/mol. The van der Waals surface area contributed by atoms with Crippen LogP contribution in [-0.4, -0.2) is 25.6 Å². The third-order valence-corrected chi connectivity index (χ3v) is 4.73. The summed E-state index contributed by atoms with van der Waals surface area (Å²) >= 11 is 6.51. The molecule has 2 aromatic rings. The van der Waals surface area contributed by atoms with E-state index in [1.807, 2.05) is 0 Å². The second-order valence-electron chi connectivity index (χ2n) is 5.60. The number of benzene rings is 1. The third-order valence-electron chi connectivity index (χ3n) is 4.16. The highest BCUT2D eigenvalue weighted by atomic mass is 35.5. The highest BCUT2D eigenvalue weighted by molar-refractivity contribution is 6.20. The number of rotatable bonds is 3. The molecule has 0 N–H and O–H groups in total. The first-order valence-corrected chi connectivity index (χ1v) is 7.58. The molecule has 3 rings (SSSR count). The average molecular weight is 291 g/mol. The number of hydrogen-bond acceptors (Lipinski definition) is 3. The molecule has 0 saturated heterocycles. The highest BCUT2D eigenvalue weighted by Crippen LogP contribution is 2.39. The molecule has 5 heteroatoms. The number of halogens is 1. The van der Waals surface area contributed by atoms with Crippen molar-refractivity contribution < 1.29 is 0 Å². The SMILES string of the molecule is Cn1nnc(CC2CC(c3ccccc3)CCC2Cl)n1. The molecule has 106 valence electrons. The van der Waals surface area contributed by atoms with Crippen LogP contribution in [0.15, 0.2) is 30.3 Å². The molecule has 1 aromatic heterocycles. The Morgan fingerprint density at radius 1 is 1.25 bits per heavy atom. The van der Waals surface area contributed by atoms with Gasteiger partial charge in [0.15, 0.2) is 5.82 Å². The van der Waals surface area contributed by atoms with E-state index in [4.69, 9.17) is 11.6 Å². The van der Waals surface area contributed by atoms with Crippen LogP contribution < -0.4 is 0 Å². The van der Waals surface area contributed by atoms with Crippen LogP contribution in [0, 0.1) is 5.92 Å². The van der Waals surface area contributed by atoms with Crippen LogP contribution in [-0.2, 0) is 13.5 Å². The highest BCUT2D eigenvalue weighted by Gasteiger charge is 2.31. The van der Waals surface area contributed by atoms with Crippen molar-refractivity contribution in [1.82, 2.24) is 20.2 Å². The molecular formula is C15H19ClN4. The predicted octanol–water partition coefficient (Wildman–Crippen LogP) is 2.94. The zero-order valence-corrected chi connectivity index (χ0v) is 12.4. The van der Waals surface area contributed by atoms with Gasteiger partial charge in [-0.3, -0.25) is 0 Å². The van der Waals surface area contributed by atoms with E-state index in [0.29, 0.717) is 11.8 Å². The Morgan fingerprint density at radius 2 is 2.05 bits per heavy atom. The van der Waals surface area contributed by atoms with Gasteiger partial charge >= 0.3 is 0 Å². The Kier molecular flexibility index (Phi) is 4.01. The van der Waals surface area contributed by atoms with Gasteiger partial charge in [-0.15, -0.1) is 21.8 Å². The molecule has 1 aliphatic rings. The molecule has 3 atom stereocenters. The molecule has 1 heterocycles. The molecule has 0 spiro atoms. The third kappa shape index (κ3) is 3.01. The van der Waals surface area contributed by atoms with E-state index < -0.39 is 0 Å². The summed E-state index contributed by atoms with van der Waals surface area (Å²) in [5, 5.41) is 12.5. The second kappa shape index (κ2) is 5.92. The standard InChI is InChI=1S/C15H19ClN4/c1-20-18-15(17-19-20)10-13-9-12(7-8-14(13)16)11-5-3-2-4-6-11/h2-6,12-14H,7-10H2,1H3. The van der Waals surface area contributed by atoms with Crippen LogP contribution in [0.4, 0.5) is 0 Å². The smallest absolute Gasteiger partial charge is 0.167 e. The lowest BCUT2D eigenvalue weighted by Crippen LogP contribution is -2.26. The number of hydrogen-bond donors (Lipinski definition) is 0. The molecule has 1 aliphatic carbocycles. The molecule has 3 unspecified atom stereocenters. The topological polar surface area (TPSA) is 43.6 Å². The molecule has 1 saturated carbocycles. The summed E-state index contributed by atoms with van der Waals surface area (Å²) in [6.07, 6.45) is 4.16. The Bertz CT molecular complexity index is 554. The Hall–Kier alpha value is -1.42. The summed E-state index contributed by atoms with van der Waals surface area (Å²) in [4.78, 5) is 1.51. The van der Waals surface area contributed by atoms with Crippen LogP contribution in [0.25, 0.3) is 0 Å². The van der Waals surface area contributed by atoms with Crippen molar-refractivity contribution in [3.63, 3.8) is 0 Å². The van der Waals surface area contributed by atoms with Crippen molar-refractivity contribution in [2.45, 2.75) is 37.0 Å². The van der Waals surface area contributed by atoms with Crippen molar-refractivity contribution >= 4 is 11.6 Å². The largest absolute Gasteiger partial charge is 0.175 e. The zero-order chi connectivity index (χ0) is 13.9. The van der Waals surface area contributed by atoms with E-state index in [9.17, 15) is 0 Å². The van der Waals surface area contributed by atoms with Gasteiger partial charge in [0.05, 0.1) is 7.05 Å². The van der Waals surface area contributed by atoms with Crippen molar-refractivity contribution in [3.05, 3.63) is 41.7 Å². The summed E-state index contributed by atoms with van der Waals surface area (Å²) in [6.45, 7) is 0. The van der Waals surface area contributed by atoms with Crippen LogP contribution in [0.1, 0.15) is 36.6 Å². The van der Waals surface area contributed by atoms with Crippen LogP contribution >= 0.6 is 11.6 Å². The van der Waals surface area contributed by atoms with E-state index in [2.05, 4.69) is 45.7 Å². The fourth-order valence-corrected chi connectivity index (χ4v) is 3.42. The molecule has 0 aliphatic heterocycles. The van der Waals surface area contributed by atoms with E-state index in [0.717, 1.165) is 25.1 Å². The van der Waals surface area contributed by atoms with E-state index in [1.54, 1.807) is 7.05 Å². The molecule has 0 bridgehead atoms. The molecule has 4 nitrogen and oxygen atoms in total. The van der Waals surface area contributed by atoms with Gasteiger partial charge in [0, 0.05) is 11.8 Å². The predicted molar refractivity (Wildman–Crippen MR) is 78.7 cm³/mol. The molecule has 20 heavy (non-hydrogen) atoms. The second-order valence-corrected chi connectivity index (χ2v) is 6.16. The van der Waals surface area contributed by atoms with Crippen molar-refractivity contribution in [2.75, 3.05) is 0 Å². The van der Waals surface area contributed by atoms with Gasteiger partial charge in [0.2, 0.25) is 0 Å². The Morgan fingerprint density at radius 3 is 2.75 bits per heavy atom. The molecule has 1 fully saturated rings. The summed E-state index contributed by atoms with van der Waals surface area (Å²) in [5.74, 6) is 1.84. The summed E-state index contributed by atoms with van der Waals surface area (Å²) < 4.78 is 0. The normalized spacial score (nSPS) is 26.6. The van der Waals surface area contributed by atoms with Gasteiger partial charge in [-0.25, -0.2) is 0 Å². The number of aromatic nitrogens is 4. The lowest BCUT2D eigenvalue weighted by molar-refractivity contribution is 0.322. The van der Waals surface area contributed by atoms with E-state index >= 15 is 0 Å². The Balaban J connectivity index is 1.70. The van der Waals surface area contributed by atoms with Gasteiger partial charge in [-0.2, -0.15) is 4.80 Å². The minimum Gasteiger partial charge on any atom is -0.167 e. The zero-order valence-electron chi connectivity index (χ0n) is 11.6. The lowest BCUT2D eigenvalue weighted by Gasteiger charge is -2.32. The van der Waals surface area contributed by atoms with Crippen LogP contribution in [0.5, 0.6) is 0 Å². The fraction of sp³-hybridized carbons (Fsp3) is 0.533. The molecule has 0 radical (unpaired) electrons. The van der Waals surface area contributed by atoms with E-state index in [-0.39, 0.29) is 5.38 Å². The maximum Gasteiger partial charge on any atom is 0.175 e. The van der Waals surface area contributed by atoms with Gasteiger partial charge in [0.1, 0.15) is 0 Å². The van der Waals surface area contributed by atoms with Gasteiger partial charge in [-0.1, -0.05) is 30.3 Å². The average Bonchev–Trinajstić information content (AvgIpc) is 2.88. The van der Waals surface area contributed by atoms with Crippen molar-refractivity contribution in [2.24, 2.45) is 13.0 Å². The van der Waals surface area contributed by atoms with E-state index in [1.165, 1.54) is 16.8 Å². The maximum atomic E-state index is 6.51. The number of alkyl halides is 1. The number of nitrogens with zero attached hydrogens (tertiary/aromatic N) is 4. The quantitative estimate of drug-likeness (QED) is 0.816. The summed E-state index contributed by atoms with van der Waals surface area (Å²) in [7, 11) is 1.79. The first-order chi connectivity index (χ1) is 9.72. The molecule has 1 aromatic carbocycles. The first-order valence-electron chi connectivity index (χ1n) is 7.14. The number of tetrazole rings is 1. The monoisotopic (exact) mass is 290 g/mol. The van der Waals surface area contributed by atoms with Crippen molar-refractivity contribution in [1.29, 1.82) is 0 Å². The maximum absolute atomic E-state index is 6.51. The first kappa shape index (κ1) is 13.6. The van der Waals surface area contributed by atoms with Gasteiger partial charge < -0.3 is 0 Å². The summed E-state index contributed by atoms with van der Waals surface area (Å²) in [6, 6.07) is 10.7. The number of aryl methyl sites for hydroxylation is 1. The van der Waals surface area contributed by atoms with Crippen LogP contribution in [0.2, 0.25) is 0 Å². The fourth-order valence-electron chi connectivity index (χ4n) is 3.11. The molecule has 0 amide bonds. The summed E-state index contributed by atoms with van der Waals surface area (Å²) in [5.41, 5.74) is 1.42.